The van der Waals surface area contributed by atoms with E-state index in [0.29, 0.717) is 12.5 Å². The van der Waals surface area contributed by atoms with Crippen molar-refractivity contribution in [1.29, 1.82) is 0 Å². The van der Waals surface area contributed by atoms with Crippen molar-refractivity contribution in [2.75, 3.05) is 19.7 Å². The molecule has 5 heteroatoms. The second-order valence-electron chi connectivity index (χ2n) is 4.61. The van der Waals surface area contributed by atoms with E-state index in [2.05, 4.69) is 24.2 Å². The number of nitrogens with zero attached hydrogens (tertiary/aromatic N) is 1. The molecule has 1 amide bonds. The van der Waals surface area contributed by atoms with Gasteiger partial charge in [0.25, 0.3) is 0 Å². The number of carbonyl (C=O) groups excluding carboxylic acids is 1. The molecule has 0 heterocycles. The van der Waals surface area contributed by atoms with Crippen LogP contribution in [-0.2, 0) is 4.79 Å². The van der Waals surface area contributed by atoms with Crippen LogP contribution in [0.2, 0.25) is 0 Å². The molecule has 0 aromatic heterocycles. The van der Waals surface area contributed by atoms with Gasteiger partial charge >= 0.3 is 0 Å². The fourth-order valence-electron chi connectivity index (χ4n) is 2.26. The fraction of sp³-hybridized carbons (Fsp3) is 0.923. The van der Waals surface area contributed by atoms with Crippen LogP contribution in [0.3, 0.4) is 0 Å². The zero-order valence-corrected chi connectivity index (χ0v) is 11.8. The van der Waals surface area contributed by atoms with Gasteiger partial charge in [0.15, 0.2) is 0 Å². The third kappa shape index (κ3) is 7.63. The predicted octanol–water partition coefficient (Wildman–Crippen LogP) is 1.02. The number of carbonyl (C=O) groups is 1. The summed E-state index contributed by atoms with van der Waals surface area (Å²) in [7, 11) is 0. The van der Waals surface area contributed by atoms with Crippen molar-refractivity contribution in [3.8, 4) is 0 Å². The largest absolute Gasteiger partial charge is 0.395 e. The molecule has 0 spiro atoms. The van der Waals surface area contributed by atoms with Crippen LogP contribution in [0, 0.1) is 0 Å². The molecule has 0 aliphatic rings. The van der Waals surface area contributed by atoms with Gasteiger partial charge < -0.3 is 5.11 Å². The average molecular weight is 259 g/mol. The lowest BCUT2D eigenvalue weighted by Gasteiger charge is -2.29. The molecule has 0 aliphatic heterocycles. The van der Waals surface area contributed by atoms with Gasteiger partial charge in [0.05, 0.1) is 6.61 Å². The summed E-state index contributed by atoms with van der Waals surface area (Å²) >= 11 is 0. The number of unbranched alkanes of at least 4 members (excludes halogenated alkanes) is 2. The van der Waals surface area contributed by atoms with E-state index in [0.717, 1.165) is 45.2 Å². The molecular formula is C13H29N3O2. The number of rotatable bonds is 11. The van der Waals surface area contributed by atoms with Crippen molar-refractivity contribution in [2.45, 2.75) is 58.4 Å². The lowest BCUT2D eigenvalue weighted by atomic mass is 10.1. The van der Waals surface area contributed by atoms with Gasteiger partial charge in [-0.3, -0.25) is 15.1 Å². The van der Waals surface area contributed by atoms with E-state index >= 15 is 0 Å². The minimum absolute atomic E-state index is 0.0952. The highest BCUT2D eigenvalue weighted by Gasteiger charge is 2.13. The van der Waals surface area contributed by atoms with Crippen molar-refractivity contribution in [1.82, 2.24) is 10.3 Å². The van der Waals surface area contributed by atoms with E-state index in [1.807, 2.05) is 0 Å². The van der Waals surface area contributed by atoms with Gasteiger partial charge in [0.1, 0.15) is 0 Å². The molecule has 0 aliphatic carbocycles. The average Bonchev–Trinajstić information content (AvgIpc) is 2.39. The molecule has 0 rings (SSSR count). The van der Waals surface area contributed by atoms with E-state index in [-0.39, 0.29) is 12.5 Å². The molecule has 0 aromatic rings. The van der Waals surface area contributed by atoms with Crippen LogP contribution in [0.4, 0.5) is 0 Å². The maximum Gasteiger partial charge on any atom is 0.233 e. The number of hydrogen-bond acceptors (Lipinski definition) is 4. The molecule has 0 saturated heterocycles. The van der Waals surface area contributed by atoms with Crippen molar-refractivity contribution in [3.63, 3.8) is 0 Å². The standard InChI is InChI=1S/C13H29N3O2/c1-3-12(4-2)16(10-11-17)9-7-5-6-8-13(18)15-14/h12,17H,3-11,14H2,1-2H3,(H,15,18). The number of hydrazine groups is 1. The topological polar surface area (TPSA) is 78.6 Å². The second kappa shape index (κ2) is 11.4. The molecule has 0 saturated carbocycles. The highest BCUT2D eigenvalue weighted by Crippen LogP contribution is 2.10. The van der Waals surface area contributed by atoms with Crippen LogP contribution in [0.1, 0.15) is 52.4 Å². The first-order valence-corrected chi connectivity index (χ1v) is 7.03. The van der Waals surface area contributed by atoms with Gasteiger partial charge in [-0.1, -0.05) is 20.3 Å². The number of hydrogen-bond donors (Lipinski definition) is 3. The summed E-state index contributed by atoms with van der Waals surface area (Å²) < 4.78 is 0. The molecule has 0 bridgehead atoms. The molecule has 0 unspecified atom stereocenters. The van der Waals surface area contributed by atoms with Crippen molar-refractivity contribution in [3.05, 3.63) is 0 Å². The normalized spacial score (nSPS) is 11.2. The maximum absolute atomic E-state index is 10.9. The summed E-state index contributed by atoms with van der Waals surface area (Å²) in [5.74, 6) is 4.92. The molecule has 5 nitrogen and oxygen atoms in total. The summed E-state index contributed by atoms with van der Waals surface area (Å²) in [6.45, 7) is 6.33. The smallest absolute Gasteiger partial charge is 0.233 e. The van der Waals surface area contributed by atoms with E-state index in [9.17, 15) is 4.79 Å². The van der Waals surface area contributed by atoms with E-state index < -0.39 is 0 Å². The zero-order valence-electron chi connectivity index (χ0n) is 11.8. The minimum atomic E-state index is -0.0952. The summed E-state index contributed by atoms with van der Waals surface area (Å²) in [6.07, 6.45) is 5.70. The van der Waals surface area contributed by atoms with Crippen LogP contribution in [-0.4, -0.2) is 41.7 Å². The number of nitrogens with one attached hydrogen (secondary N) is 1. The van der Waals surface area contributed by atoms with Gasteiger partial charge in [-0.2, -0.15) is 0 Å². The Bertz CT molecular complexity index is 208. The van der Waals surface area contributed by atoms with Crippen LogP contribution < -0.4 is 11.3 Å². The van der Waals surface area contributed by atoms with Crippen LogP contribution in [0.25, 0.3) is 0 Å². The third-order valence-electron chi connectivity index (χ3n) is 3.36. The van der Waals surface area contributed by atoms with Crippen LogP contribution >= 0.6 is 0 Å². The van der Waals surface area contributed by atoms with Crippen molar-refractivity contribution < 1.29 is 9.90 Å². The SMILES string of the molecule is CCC(CC)N(CCO)CCCCCC(=O)NN. The number of nitrogens with two attached hydrogens (primary N) is 1. The van der Waals surface area contributed by atoms with Gasteiger partial charge in [-0.05, 0) is 32.2 Å². The molecule has 108 valence electrons. The Morgan fingerprint density at radius 2 is 1.89 bits per heavy atom. The van der Waals surface area contributed by atoms with Crippen LogP contribution in [0.5, 0.6) is 0 Å². The molecule has 0 aromatic carbocycles. The monoisotopic (exact) mass is 259 g/mol. The number of amides is 1. The first-order chi connectivity index (χ1) is 8.69. The zero-order chi connectivity index (χ0) is 13.8. The Morgan fingerprint density at radius 1 is 1.22 bits per heavy atom. The minimum Gasteiger partial charge on any atom is -0.395 e. The Kier molecular flexibility index (Phi) is 11.0. The van der Waals surface area contributed by atoms with Gasteiger partial charge in [-0.15, -0.1) is 0 Å². The summed E-state index contributed by atoms with van der Waals surface area (Å²) in [4.78, 5) is 13.3. The number of aliphatic hydroxyl groups excluding tert-OH is 1. The quantitative estimate of drug-likeness (QED) is 0.224. The Hall–Kier alpha value is -0.650. The van der Waals surface area contributed by atoms with Crippen LogP contribution in [0.15, 0.2) is 0 Å². The van der Waals surface area contributed by atoms with Crippen molar-refractivity contribution in [2.24, 2.45) is 5.84 Å². The van der Waals surface area contributed by atoms with Crippen molar-refractivity contribution >= 4 is 5.91 Å². The van der Waals surface area contributed by atoms with E-state index in [1.165, 1.54) is 0 Å². The Labute approximate surface area is 111 Å². The highest BCUT2D eigenvalue weighted by molar-refractivity contribution is 5.74. The van der Waals surface area contributed by atoms with Gasteiger partial charge in [0, 0.05) is 19.0 Å². The summed E-state index contributed by atoms with van der Waals surface area (Å²) in [5, 5.41) is 9.08. The van der Waals surface area contributed by atoms with E-state index in [4.69, 9.17) is 10.9 Å². The molecule has 0 atom stereocenters. The summed E-state index contributed by atoms with van der Waals surface area (Å²) in [5.41, 5.74) is 2.14. The molecule has 0 fully saturated rings. The lowest BCUT2D eigenvalue weighted by molar-refractivity contribution is -0.121. The first kappa shape index (κ1) is 17.4. The molecule has 0 radical (unpaired) electrons. The lowest BCUT2D eigenvalue weighted by Crippen LogP contribution is -2.37. The van der Waals surface area contributed by atoms with Gasteiger partial charge in [-0.25, -0.2) is 5.84 Å². The predicted molar refractivity (Wildman–Crippen MR) is 73.8 cm³/mol. The molecule has 18 heavy (non-hydrogen) atoms. The Balaban J connectivity index is 3.79. The third-order valence-corrected chi connectivity index (χ3v) is 3.36. The van der Waals surface area contributed by atoms with Gasteiger partial charge in [0.2, 0.25) is 5.91 Å². The maximum atomic E-state index is 10.9. The second-order valence-corrected chi connectivity index (χ2v) is 4.61. The fourth-order valence-corrected chi connectivity index (χ4v) is 2.26. The first-order valence-electron chi connectivity index (χ1n) is 7.03. The summed E-state index contributed by atoms with van der Waals surface area (Å²) in [6, 6.07) is 0.560. The highest BCUT2D eigenvalue weighted by atomic mass is 16.3. The number of aliphatic hydroxyl groups is 1. The Morgan fingerprint density at radius 3 is 2.39 bits per heavy atom. The molecule has 4 N–H and O–H groups in total. The molecular weight excluding hydrogens is 230 g/mol. The van der Waals surface area contributed by atoms with E-state index in [1.54, 1.807) is 0 Å².